The van der Waals surface area contributed by atoms with Gasteiger partial charge in [-0.1, -0.05) is 6.07 Å². The lowest BCUT2D eigenvalue weighted by atomic mass is 10.1. The van der Waals surface area contributed by atoms with Crippen LogP contribution in [0.3, 0.4) is 0 Å². The van der Waals surface area contributed by atoms with Gasteiger partial charge >= 0.3 is 6.03 Å². The molecular formula is C15H17N3O2. The Hall–Kier alpha value is -2.30. The van der Waals surface area contributed by atoms with Gasteiger partial charge in [0.25, 0.3) is 5.91 Å². The molecule has 0 bridgehead atoms. The summed E-state index contributed by atoms with van der Waals surface area (Å²) in [5.41, 5.74) is 3.65. The van der Waals surface area contributed by atoms with Crippen molar-refractivity contribution < 1.29 is 9.59 Å². The van der Waals surface area contributed by atoms with Crippen LogP contribution in [0.1, 0.15) is 24.0 Å². The summed E-state index contributed by atoms with van der Waals surface area (Å²) in [6.07, 6.45) is 4.19. The Bertz CT molecular complexity index is 601. The summed E-state index contributed by atoms with van der Waals surface area (Å²) in [6.45, 7) is 4.29. The number of anilines is 1. The average molecular weight is 271 g/mol. The predicted molar refractivity (Wildman–Crippen MR) is 77.3 cm³/mol. The molecule has 3 amide bonds. The summed E-state index contributed by atoms with van der Waals surface area (Å²) in [5, 5.41) is 4.68. The van der Waals surface area contributed by atoms with Gasteiger partial charge in [0.2, 0.25) is 0 Å². The van der Waals surface area contributed by atoms with E-state index in [0.29, 0.717) is 5.70 Å². The molecule has 0 radical (unpaired) electrons. The van der Waals surface area contributed by atoms with E-state index >= 15 is 0 Å². The van der Waals surface area contributed by atoms with Crippen LogP contribution in [0.2, 0.25) is 0 Å². The SMILES string of the molecule is Cc1cc(C=C2NC(=O)NC2=O)ccc1N1CCCC1. The lowest BCUT2D eigenvalue weighted by molar-refractivity contribution is -0.115. The number of urea groups is 1. The van der Waals surface area contributed by atoms with E-state index in [4.69, 9.17) is 0 Å². The van der Waals surface area contributed by atoms with E-state index in [1.54, 1.807) is 6.08 Å². The molecule has 2 heterocycles. The Morgan fingerprint density at radius 1 is 1.15 bits per heavy atom. The quantitative estimate of drug-likeness (QED) is 0.636. The molecule has 104 valence electrons. The molecular weight excluding hydrogens is 254 g/mol. The second-order valence-corrected chi connectivity index (χ2v) is 5.21. The predicted octanol–water partition coefficient (Wildman–Crippen LogP) is 1.78. The lowest BCUT2D eigenvalue weighted by Crippen LogP contribution is -2.22. The minimum atomic E-state index is -0.466. The molecule has 5 nitrogen and oxygen atoms in total. The third-order valence-corrected chi connectivity index (χ3v) is 3.70. The number of imide groups is 1. The Labute approximate surface area is 117 Å². The molecule has 2 fully saturated rings. The van der Waals surface area contributed by atoms with Gasteiger partial charge in [-0.05, 0) is 49.1 Å². The van der Waals surface area contributed by atoms with Crippen molar-refractivity contribution in [1.82, 2.24) is 10.6 Å². The van der Waals surface area contributed by atoms with Gasteiger partial charge in [-0.3, -0.25) is 10.1 Å². The number of aryl methyl sites for hydroxylation is 1. The van der Waals surface area contributed by atoms with Crippen molar-refractivity contribution in [2.45, 2.75) is 19.8 Å². The number of hydrogen-bond acceptors (Lipinski definition) is 3. The normalized spacial score (nSPS) is 20.4. The molecule has 0 spiro atoms. The minimum Gasteiger partial charge on any atom is -0.371 e. The van der Waals surface area contributed by atoms with E-state index in [1.165, 1.54) is 24.1 Å². The van der Waals surface area contributed by atoms with Crippen LogP contribution < -0.4 is 15.5 Å². The summed E-state index contributed by atoms with van der Waals surface area (Å²) in [6, 6.07) is 5.64. The number of nitrogens with zero attached hydrogens (tertiary/aromatic N) is 1. The van der Waals surface area contributed by atoms with Crippen molar-refractivity contribution in [3.05, 3.63) is 35.0 Å². The van der Waals surface area contributed by atoms with Crippen LogP contribution >= 0.6 is 0 Å². The monoisotopic (exact) mass is 271 g/mol. The zero-order valence-electron chi connectivity index (χ0n) is 11.4. The third kappa shape index (κ3) is 2.39. The van der Waals surface area contributed by atoms with Gasteiger partial charge in [0.15, 0.2) is 0 Å². The Balaban J connectivity index is 1.85. The molecule has 20 heavy (non-hydrogen) atoms. The van der Waals surface area contributed by atoms with Crippen LogP contribution in [0.15, 0.2) is 23.9 Å². The Morgan fingerprint density at radius 3 is 2.50 bits per heavy atom. The van der Waals surface area contributed by atoms with E-state index in [-0.39, 0.29) is 5.91 Å². The van der Waals surface area contributed by atoms with Gasteiger partial charge in [0, 0.05) is 18.8 Å². The highest BCUT2D eigenvalue weighted by Crippen LogP contribution is 2.25. The van der Waals surface area contributed by atoms with E-state index in [9.17, 15) is 9.59 Å². The van der Waals surface area contributed by atoms with Gasteiger partial charge in [0.1, 0.15) is 5.70 Å². The van der Waals surface area contributed by atoms with Crippen molar-refractivity contribution in [3.63, 3.8) is 0 Å². The molecule has 0 saturated carbocycles. The molecule has 2 aliphatic rings. The van der Waals surface area contributed by atoms with E-state index in [0.717, 1.165) is 18.7 Å². The molecule has 1 aromatic rings. The van der Waals surface area contributed by atoms with E-state index in [1.807, 2.05) is 12.1 Å². The number of amides is 3. The van der Waals surface area contributed by atoms with Crippen LogP contribution in [0.5, 0.6) is 0 Å². The van der Waals surface area contributed by atoms with Crippen LogP contribution in [-0.2, 0) is 4.79 Å². The van der Waals surface area contributed by atoms with Crippen molar-refractivity contribution in [3.8, 4) is 0 Å². The third-order valence-electron chi connectivity index (χ3n) is 3.70. The van der Waals surface area contributed by atoms with Gasteiger partial charge in [-0.25, -0.2) is 4.79 Å². The zero-order valence-corrected chi connectivity index (χ0v) is 11.4. The number of carbonyl (C=O) groups is 2. The van der Waals surface area contributed by atoms with Crippen molar-refractivity contribution in [2.24, 2.45) is 0 Å². The van der Waals surface area contributed by atoms with Crippen LogP contribution in [0.25, 0.3) is 6.08 Å². The fourth-order valence-corrected chi connectivity index (χ4v) is 2.73. The van der Waals surface area contributed by atoms with Crippen molar-refractivity contribution in [1.29, 1.82) is 0 Å². The summed E-state index contributed by atoms with van der Waals surface area (Å²) in [7, 11) is 0. The minimum absolute atomic E-state index is 0.295. The second kappa shape index (κ2) is 5.00. The maximum absolute atomic E-state index is 11.5. The first-order valence-electron chi connectivity index (χ1n) is 6.83. The molecule has 3 rings (SSSR count). The zero-order chi connectivity index (χ0) is 14.1. The highest BCUT2D eigenvalue weighted by atomic mass is 16.2. The van der Waals surface area contributed by atoms with E-state index in [2.05, 4.69) is 28.5 Å². The molecule has 2 aliphatic heterocycles. The average Bonchev–Trinajstić information content (AvgIpc) is 3.00. The first-order valence-corrected chi connectivity index (χ1v) is 6.83. The Morgan fingerprint density at radius 2 is 1.90 bits per heavy atom. The molecule has 0 aromatic heterocycles. The van der Waals surface area contributed by atoms with Gasteiger partial charge in [0.05, 0.1) is 0 Å². The number of carbonyl (C=O) groups excluding carboxylic acids is 2. The highest BCUT2D eigenvalue weighted by Gasteiger charge is 2.22. The van der Waals surface area contributed by atoms with E-state index < -0.39 is 6.03 Å². The smallest absolute Gasteiger partial charge is 0.326 e. The molecule has 2 saturated heterocycles. The molecule has 0 atom stereocenters. The van der Waals surface area contributed by atoms with Crippen molar-refractivity contribution in [2.75, 3.05) is 18.0 Å². The first-order chi connectivity index (χ1) is 9.63. The molecule has 1 aromatic carbocycles. The molecule has 5 heteroatoms. The van der Waals surface area contributed by atoms with Gasteiger partial charge < -0.3 is 10.2 Å². The largest absolute Gasteiger partial charge is 0.371 e. The standard InChI is InChI=1S/C15H17N3O2/c1-10-8-11(9-12-14(19)17-15(20)16-12)4-5-13(10)18-6-2-3-7-18/h4-5,8-9H,2-3,6-7H2,1H3,(H2,16,17,19,20). The molecule has 0 aliphatic carbocycles. The van der Waals surface area contributed by atoms with Gasteiger partial charge in [-0.15, -0.1) is 0 Å². The summed E-state index contributed by atoms with van der Waals surface area (Å²) < 4.78 is 0. The second-order valence-electron chi connectivity index (χ2n) is 5.21. The summed E-state index contributed by atoms with van der Waals surface area (Å²) in [5.74, 6) is -0.378. The Kier molecular flexibility index (Phi) is 3.18. The first kappa shape index (κ1) is 12.7. The highest BCUT2D eigenvalue weighted by molar-refractivity contribution is 6.14. The maximum atomic E-state index is 11.5. The topological polar surface area (TPSA) is 61.4 Å². The van der Waals surface area contributed by atoms with Crippen LogP contribution in [0, 0.1) is 6.92 Å². The summed E-state index contributed by atoms with van der Waals surface area (Å²) in [4.78, 5) is 24.9. The number of nitrogens with one attached hydrogen (secondary N) is 2. The number of rotatable bonds is 2. The maximum Gasteiger partial charge on any atom is 0.326 e. The summed E-state index contributed by atoms with van der Waals surface area (Å²) >= 11 is 0. The van der Waals surface area contributed by atoms with Gasteiger partial charge in [-0.2, -0.15) is 0 Å². The van der Waals surface area contributed by atoms with Crippen LogP contribution in [-0.4, -0.2) is 25.0 Å². The fourth-order valence-electron chi connectivity index (χ4n) is 2.73. The van der Waals surface area contributed by atoms with Crippen molar-refractivity contribution >= 4 is 23.7 Å². The lowest BCUT2D eigenvalue weighted by Gasteiger charge is -2.20. The molecule has 2 N–H and O–H groups in total. The van der Waals surface area contributed by atoms with Crippen LogP contribution in [0.4, 0.5) is 10.5 Å². The molecule has 0 unspecified atom stereocenters. The number of hydrogen-bond donors (Lipinski definition) is 2. The fraction of sp³-hybridized carbons (Fsp3) is 0.333. The number of benzene rings is 1.